The van der Waals surface area contributed by atoms with Crippen molar-refractivity contribution in [3.63, 3.8) is 0 Å². The van der Waals surface area contributed by atoms with Gasteiger partial charge in [-0.2, -0.15) is 0 Å². The largest absolute Gasteiger partial charge is 0.573 e. The standard InChI is InChI=1S/C10H12N3.4CO.Re/c1-7-8(2)13-10(12-7)9-5-3-4-6-11-9;4*1-2;/h3-8H,1-2H3;;;;;/q5*-1;. The molecule has 1 aromatic heterocycles. The molecule has 7 nitrogen and oxygen atoms in total. The number of amidine groups is 1. The van der Waals surface area contributed by atoms with Gasteiger partial charge in [-0.05, 0) is 30.1 Å². The SMILES string of the molecule is CC1N=C(c2ccccn2)[N-]C1C.[C-]=O.[C-]=O.[C-]=O.[C-]=O.[Re]. The summed E-state index contributed by atoms with van der Waals surface area (Å²) < 4.78 is 0. The van der Waals surface area contributed by atoms with Gasteiger partial charge in [-0.15, -0.1) is 0 Å². The number of hydrogen-bond acceptors (Lipinski definition) is 6. The topological polar surface area (TPSA) is 108 Å². The van der Waals surface area contributed by atoms with Crippen molar-refractivity contribution in [3.05, 3.63) is 35.4 Å². The minimum Gasteiger partial charge on any atom is -0.573 e. The van der Waals surface area contributed by atoms with E-state index in [2.05, 4.69) is 56.3 Å². The monoisotopic (exact) mass is 473 g/mol. The van der Waals surface area contributed by atoms with Crippen LogP contribution in [0.2, 0.25) is 0 Å². The van der Waals surface area contributed by atoms with E-state index in [1.807, 2.05) is 18.2 Å². The first kappa shape index (κ1) is 28.2. The Hall–Kier alpha value is -2.04. The molecule has 0 N–H and O–H groups in total. The molecule has 5 radical (unpaired) electrons. The number of hydrogen-bond donors (Lipinski definition) is 0. The van der Waals surface area contributed by atoms with Crippen molar-refractivity contribution in [2.75, 3.05) is 0 Å². The number of carbonyl (C=O) groups excluding carboxylic acids is 4. The molecule has 0 aliphatic carbocycles. The summed E-state index contributed by atoms with van der Waals surface area (Å²) in [5, 5.41) is 4.43. The van der Waals surface area contributed by atoms with Gasteiger partial charge in [0.05, 0.1) is 5.69 Å². The van der Waals surface area contributed by atoms with Crippen LogP contribution in [-0.4, -0.2) is 50.1 Å². The number of nitrogens with zero attached hydrogens (tertiary/aromatic N) is 3. The van der Waals surface area contributed by atoms with Crippen LogP contribution >= 0.6 is 0 Å². The first-order valence-corrected chi connectivity index (χ1v) is 5.29. The summed E-state index contributed by atoms with van der Waals surface area (Å²) in [5.74, 6) is 0.792. The van der Waals surface area contributed by atoms with Crippen molar-refractivity contribution in [2.24, 2.45) is 4.99 Å². The fraction of sp³-hybridized carbons (Fsp3) is 0.286. The van der Waals surface area contributed by atoms with Gasteiger partial charge in [0.25, 0.3) is 0 Å². The van der Waals surface area contributed by atoms with Crippen LogP contribution in [0.15, 0.2) is 29.4 Å². The fourth-order valence-corrected chi connectivity index (χ4v) is 1.26. The van der Waals surface area contributed by atoms with Crippen LogP contribution in [-0.2, 0) is 39.6 Å². The van der Waals surface area contributed by atoms with Crippen LogP contribution in [0.1, 0.15) is 19.5 Å². The smallest absolute Gasteiger partial charge is 0.0615 e. The third kappa shape index (κ3) is 10.7. The van der Waals surface area contributed by atoms with Gasteiger partial charge in [0.2, 0.25) is 0 Å². The summed E-state index contributed by atoms with van der Waals surface area (Å²) in [4.78, 5) is 38.6. The average molecular weight is 472 g/mol. The molecule has 0 amide bonds. The molecular weight excluding hydrogens is 460 g/mol. The molecule has 0 saturated carbocycles. The number of rotatable bonds is 1. The normalized spacial score (nSPS) is 16.5. The first-order valence-electron chi connectivity index (χ1n) is 5.29. The van der Waals surface area contributed by atoms with Gasteiger partial charge in [-0.1, -0.05) is 19.9 Å². The summed E-state index contributed by atoms with van der Waals surface area (Å²) in [7, 11) is 0. The minimum atomic E-state index is 0. The molecule has 119 valence electrons. The second kappa shape index (κ2) is 21.3. The third-order valence-electron chi connectivity index (χ3n) is 2.24. The van der Waals surface area contributed by atoms with E-state index < -0.39 is 0 Å². The fourth-order valence-electron chi connectivity index (χ4n) is 1.26. The Labute approximate surface area is 144 Å². The zero-order valence-electron chi connectivity index (χ0n) is 11.8. The molecule has 2 rings (SSSR count). The number of aromatic nitrogens is 1. The van der Waals surface area contributed by atoms with Gasteiger partial charge < -0.3 is 56.6 Å². The summed E-state index contributed by atoms with van der Waals surface area (Å²) in [5.41, 5.74) is 0.874. The summed E-state index contributed by atoms with van der Waals surface area (Å²) in [6.45, 7) is 22.1. The Bertz CT molecular complexity index is 385. The Morgan fingerprint density at radius 2 is 1.45 bits per heavy atom. The Balaban J connectivity index is -0.000000158. The van der Waals surface area contributed by atoms with Crippen LogP contribution in [0.5, 0.6) is 0 Å². The number of pyridine rings is 1. The van der Waals surface area contributed by atoms with E-state index >= 15 is 0 Å². The minimum absolute atomic E-state index is 0. The summed E-state index contributed by atoms with van der Waals surface area (Å²) in [6.07, 6.45) is 1.76. The van der Waals surface area contributed by atoms with E-state index in [1.54, 1.807) is 6.20 Å². The van der Waals surface area contributed by atoms with E-state index in [-0.39, 0.29) is 32.5 Å². The van der Waals surface area contributed by atoms with Gasteiger partial charge in [0.1, 0.15) is 0 Å². The van der Waals surface area contributed by atoms with Crippen LogP contribution in [0, 0.1) is 0 Å². The zero-order valence-corrected chi connectivity index (χ0v) is 14.5. The maximum Gasteiger partial charge on any atom is 0.0615 e. The molecule has 0 fully saturated rings. The second-order valence-corrected chi connectivity index (χ2v) is 3.28. The third-order valence-corrected chi connectivity index (χ3v) is 2.24. The van der Waals surface area contributed by atoms with Gasteiger partial charge in [-0.25, -0.2) is 0 Å². The Morgan fingerprint density at radius 1 is 0.955 bits per heavy atom. The van der Waals surface area contributed by atoms with Crippen molar-refractivity contribution in [1.82, 2.24) is 4.98 Å². The van der Waals surface area contributed by atoms with Gasteiger partial charge >= 0.3 is 0 Å². The van der Waals surface area contributed by atoms with E-state index in [0.717, 1.165) is 11.5 Å². The number of aliphatic imine (C=N–C) groups is 1. The second-order valence-electron chi connectivity index (χ2n) is 3.28. The van der Waals surface area contributed by atoms with Crippen LogP contribution in [0.25, 0.3) is 5.32 Å². The molecule has 2 heterocycles. The molecule has 0 spiro atoms. The van der Waals surface area contributed by atoms with Crippen molar-refractivity contribution >= 4 is 33.0 Å². The van der Waals surface area contributed by atoms with Crippen LogP contribution in [0.4, 0.5) is 0 Å². The Kier molecular flexibility index (Phi) is 27.2. The van der Waals surface area contributed by atoms with Crippen LogP contribution in [0.3, 0.4) is 0 Å². The summed E-state index contributed by atoms with van der Waals surface area (Å²) in [6, 6.07) is 6.36. The van der Waals surface area contributed by atoms with Gasteiger partial charge in [0, 0.05) is 26.6 Å². The molecule has 22 heavy (non-hydrogen) atoms. The van der Waals surface area contributed by atoms with E-state index in [9.17, 15) is 0 Å². The van der Waals surface area contributed by atoms with Crippen molar-refractivity contribution < 1.29 is 39.6 Å². The van der Waals surface area contributed by atoms with Crippen molar-refractivity contribution in [1.29, 1.82) is 0 Å². The molecular formula is C14H12N3O4Re-5. The summed E-state index contributed by atoms with van der Waals surface area (Å²) >= 11 is 0. The predicted molar refractivity (Wildman–Crippen MR) is 75.8 cm³/mol. The molecule has 0 bridgehead atoms. The average Bonchev–Trinajstić information content (AvgIpc) is 2.95. The maximum absolute atomic E-state index is 7.50. The predicted octanol–water partition coefficient (Wildman–Crippen LogP) is 0.402. The molecule has 2 unspecified atom stereocenters. The quantitative estimate of drug-likeness (QED) is 0.550. The first-order chi connectivity index (χ1) is 10.3. The molecule has 1 aliphatic rings. The molecule has 8 heteroatoms. The van der Waals surface area contributed by atoms with Gasteiger partial charge in [-0.3, -0.25) is 4.98 Å². The van der Waals surface area contributed by atoms with Crippen molar-refractivity contribution in [2.45, 2.75) is 25.9 Å². The molecule has 0 saturated heterocycles. The van der Waals surface area contributed by atoms with E-state index in [4.69, 9.17) is 19.2 Å². The van der Waals surface area contributed by atoms with Crippen molar-refractivity contribution in [3.8, 4) is 0 Å². The van der Waals surface area contributed by atoms with E-state index in [1.165, 1.54) is 0 Å². The Morgan fingerprint density at radius 3 is 1.77 bits per heavy atom. The molecule has 1 aliphatic heterocycles. The molecule has 1 aromatic rings. The van der Waals surface area contributed by atoms with Crippen LogP contribution < -0.4 is 0 Å². The maximum atomic E-state index is 7.50. The molecule has 2 atom stereocenters. The zero-order chi connectivity index (χ0) is 17.3. The van der Waals surface area contributed by atoms with Gasteiger partial charge in [0.15, 0.2) is 0 Å². The van der Waals surface area contributed by atoms with E-state index in [0.29, 0.717) is 0 Å². The molecule has 0 aromatic carbocycles.